The van der Waals surface area contributed by atoms with Crippen molar-refractivity contribution in [1.82, 2.24) is 5.32 Å². The van der Waals surface area contributed by atoms with Gasteiger partial charge in [0.1, 0.15) is 5.75 Å². The molecule has 0 atom stereocenters. The highest BCUT2D eigenvalue weighted by atomic mass is 32.2. The SMILES string of the molecule is N#CCCNC(=O)CS(=O)(=O)c1cccc(N)c1. The zero-order valence-electron chi connectivity index (χ0n) is 9.59. The molecule has 0 heterocycles. The van der Waals surface area contributed by atoms with E-state index in [2.05, 4.69) is 5.32 Å². The molecule has 0 unspecified atom stereocenters. The number of hydrogen-bond acceptors (Lipinski definition) is 5. The van der Waals surface area contributed by atoms with Crippen molar-refractivity contribution in [2.24, 2.45) is 0 Å². The van der Waals surface area contributed by atoms with Crippen molar-refractivity contribution in [3.05, 3.63) is 24.3 Å². The molecule has 0 aliphatic carbocycles. The minimum atomic E-state index is -3.69. The molecule has 1 aromatic carbocycles. The highest BCUT2D eigenvalue weighted by Crippen LogP contribution is 2.14. The van der Waals surface area contributed by atoms with Crippen molar-refractivity contribution in [3.8, 4) is 6.07 Å². The summed E-state index contributed by atoms with van der Waals surface area (Å²) in [6.07, 6.45) is 0.143. The van der Waals surface area contributed by atoms with Gasteiger partial charge in [-0.2, -0.15) is 5.26 Å². The predicted molar refractivity (Wildman–Crippen MR) is 66.1 cm³/mol. The first-order valence-corrected chi connectivity index (χ1v) is 6.83. The summed E-state index contributed by atoms with van der Waals surface area (Å²) in [5.41, 5.74) is 5.80. The summed E-state index contributed by atoms with van der Waals surface area (Å²) < 4.78 is 23.7. The smallest absolute Gasteiger partial charge is 0.235 e. The number of rotatable bonds is 5. The number of nitrogens with zero attached hydrogens (tertiary/aromatic N) is 1. The highest BCUT2D eigenvalue weighted by molar-refractivity contribution is 7.92. The summed E-state index contributed by atoms with van der Waals surface area (Å²) >= 11 is 0. The molecule has 0 saturated carbocycles. The van der Waals surface area contributed by atoms with Gasteiger partial charge in [-0.25, -0.2) is 8.42 Å². The van der Waals surface area contributed by atoms with Gasteiger partial charge in [-0.15, -0.1) is 0 Å². The van der Waals surface area contributed by atoms with E-state index in [1.54, 1.807) is 6.07 Å². The number of nitrogen functional groups attached to an aromatic ring is 1. The molecule has 0 aliphatic heterocycles. The first kappa shape index (κ1) is 14.0. The van der Waals surface area contributed by atoms with Crippen LogP contribution in [0.15, 0.2) is 29.2 Å². The van der Waals surface area contributed by atoms with Crippen molar-refractivity contribution in [2.45, 2.75) is 11.3 Å². The summed E-state index contributed by atoms with van der Waals surface area (Å²) in [5.74, 6) is -1.28. The lowest BCUT2D eigenvalue weighted by Crippen LogP contribution is -2.30. The van der Waals surface area contributed by atoms with E-state index in [4.69, 9.17) is 11.0 Å². The number of hydrogen-bond donors (Lipinski definition) is 2. The molecular weight excluding hydrogens is 254 g/mol. The Balaban J connectivity index is 2.71. The molecule has 7 heteroatoms. The maximum Gasteiger partial charge on any atom is 0.235 e. The van der Waals surface area contributed by atoms with Gasteiger partial charge in [0.15, 0.2) is 9.84 Å². The molecule has 0 aliphatic rings. The summed E-state index contributed by atoms with van der Waals surface area (Å²) in [7, 11) is -3.69. The molecule has 18 heavy (non-hydrogen) atoms. The number of sulfone groups is 1. The van der Waals surface area contributed by atoms with E-state index in [9.17, 15) is 13.2 Å². The minimum absolute atomic E-state index is 0.0120. The molecule has 0 bridgehead atoms. The normalized spacial score (nSPS) is 10.6. The third kappa shape index (κ3) is 4.07. The number of nitriles is 1. The fraction of sp³-hybridized carbons (Fsp3) is 0.273. The molecule has 96 valence electrons. The molecule has 3 N–H and O–H groups in total. The third-order valence-corrected chi connectivity index (χ3v) is 3.71. The van der Waals surface area contributed by atoms with E-state index in [0.29, 0.717) is 5.69 Å². The van der Waals surface area contributed by atoms with Gasteiger partial charge >= 0.3 is 0 Å². The van der Waals surface area contributed by atoms with Gasteiger partial charge in [0.2, 0.25) is 5.91 Å². The van der Waals surface area contributed by atoms with E-state index in [1.165, 1.54) is 18.2 Å². The Hall–Kier alpha value is -2.07. The summed E-state index contributed by atoms with van der Waals surface area (Å²) in [6.45, 7) is 0.141. The summed E-state index contributed by atoms with van der Waals surface area (Å²) in [4.78, 5) is 11.4. The van der Waals surface area contributed by atoms with Crippen LogP contribution in [0, 0.1) is 11.3 Å². The molecule has 6 nitrogen and oxygen atoms in total. The Morgan fingerprint density at radius 3 is 2.78 bits per heavy atom. The average Bonchev–Trinajstić information content (AvgIpc) is 2.28. The molecular formula is C11H13N3O3S. The zero-order valence-corrected chi connectivity index (χ0v) is 10.4. The predicted octanol–water partition coefficient (Wildman–Crippen LogP) is 0.0724. The number of nitrogens with one attached hydrogen (secondary N) is 1. The van der Waals surface area contributed by atoms with Gasteiger partial charge in [-0.3, -0.25) is 4.79 Å². The molecule has 1 aromatic rings. The van der Waals surface area contributed by atoms with Crippen LogP contribution in [0.5, 0.6) is 0 Å². The molecule has 0 fully saturated rings. The lowest BCUT2D eigenvalue weighted by Gasteiger charge is -2.05. The van der Waals surface area contributed by atoms with Crippen LogP contribution in [0.25, 0.3) is 0 Å². The van der Waals surface area contributed by atoms with Crippen molar-refractivity contribution in [3.63, 3.8) is 0 Å². The van der Waals surface area contributed by atoms with Gasteiger partial charge in [0, 0.05) is 12.2 Å². The monoisotopic (exact) mass is 267 g/mol. The third-order valence-electron chi connectivity index (χ3n) is 2.10. The molecule has 0 radical (unpaired) electrons. The fourth-order valence-corrected chi connectivity index (χ4v) is 2.49. The quantitative estimate of drug-likeness (QED) is 0.579. The maximum atomic E-state index is 11.8. The molecule has 0 saturated heterocycles. The summed E-state index contributed by atoms with van der Waals surface area (Å²) in [5, 5.41) is 10.6. The number of benzene rings is 1. The van der Waals surface area contributed by atoms with Crippen molar-refractivity contribution in [1.29, 1.82) is 5.26 Å². The van der Waals surface area contributed by atoms with Crippen molar-refractivity contribution >= 4 is 21.4 Å². The second-order valence-electron chi connectivity index (χ2n) is 3.59. The van der Waals surface area contributed by atoms with Crippen LogP contribution in [-0.2, 0) is 14.6 Å². The standard InChI is InChI=1S/C11H13N3O3S/c12-5-2-6-14-11(15)8-18(16,17)10-4-1-3-9(13)7-10/h1,3-4,7H,2,6,8,13H2,(H,14,15). The van der Waals surface area contributed by atoms with Crippen molar-refractivity contribution in [2.75, 3.05) is 18.0 Å². The van der Waals surface area contributed by atoms with Gasteiger partial charge in [-0.05, 0) is 18.2 Å². The molecule has 1 rings (SSSR count). The number of carbonyl (C=O) groups excluding carboxylic acids is 1. The Kier molecular flexibility index (Phi) is 4.68. The number of carbonyl (C=O) groups is 1. The lowest BCUT2D eigenvalue weighted by atomic mass is 10.3. The Labute approximate surface area is 105 Å². The van der Waals surface area contributed by atoms with Gasteiger partial charge < -0.3 is 11.1 Å². The maximum absolute atomic E-state index is 11.8. The Morgan fingerprint density at radius 2 is 2.17 bits per heavy atom. The first-order chi connectivity index (χ1) is 8.45. The summed E-state index contributed by atoms with van der Waals surface area (Å²) in [6, 6.07) is 7.60. The minimum Gasteiger partial charge on any atom is -0.399 e. The molecule has 1 amide bonds. The topological polar surface area (TPSA) is 113 Å². The van der Waals surface area contributed by atoms with E-state index < -0.39 is 21.5 Å². The van der Waals surface area contributed by atoms with Crippen LogP contribution < -0.4 is 11.1 Å². The van der Waals surface area contributed by atoms with E-state index in [0.717, 1.165) is 0 Å². The van der Waals surface area contributed by atoms with Gasteiger partial charge in [0.25, 0.3) is 0 Å². The van der Waals surface area contributed by atoms with E-state index >= 15 is 0 Å². The number of anilines is 1. The highest BCUT2D eigenvalue weighted by Gasteiger charge is 2.19. The number of amides is 1. The van der Waals surface area contributed by atoms with Crippen LogP contribution in [0.4, 0.5) is 5.69 Å². The second-order valence-corrected chi connectivity index (χ2v) is 5.58. The van der Waals surface area contributed by atoms with Gasteiger partial charge in [0.05, 0.1) is 17.4 Å². The second kappa shape index (κ2) is 6.02. The fourth-order valence-electron chi connectivity index (χ4n) is 1.27. The number of nitrogens with two attached hydrogens (primary N) is 1. The average molecular weight is 267 g/mol. The van der Waals surface area contributed by atoms with E-state index in [1.807, 2.05) is 6.07 Å². The Morgan fingerprint density at radius 1 is 1.44 bits per heavy atom. The molecule has 0 aromatic heterocycles. The van der Waals surface area contributed by atoms with Crippen molar-refractivity contribution < 1.29 is 13.2 Å². The van der Waals surface area contributed by atoms with Crippen LogP contribution >= 0.6 is 0 Å². The van der Waals surface area contributed by atoms with Crippen LogP contribution in [-0.4, -0.2) is 26.6 Å². The lowest BCUT2D eigenvalue weighted by molar-refractivity contribution is -0.118. The molecule has 0 spiro atoms. The van der Waals surface area contributed by atoms with Gasteiger partial charge in [-0.1, -0.05) is 6.07 Å². The zero-order chi connectivity index (χ0) is 13.6. The van der Waals surface area contributed by atoms with Crippen LogP contribution in [0.2, 0.25) is 0 Å². The van der Waals surface area contributed by atoms with E-state index in [-0.39, 0.29) is 17.9 Å². The Bertz CT molecular complexity index is 575. The van der Waals surface area contributed by atoms with Crippen LogP contribution in [0.1, 0.15) is 6.42 Å². The van der Waals surface area contributed by atoms with Crippen LogP contribution in [0.3, 0.4) is 0 Å². The first-order valence-electron chi connectivity index (χ1n) is 5.17. The largest absolute Gasteiger partial charge is 0.399 e.